The Labute approximate surface area is 835 Å². The number of para-hydroxylation sites is 1. The lowest BCUT2D eigenvalue weighted by Crippen LogP contribution is -2.30. The number of hydrogen-bond donors (Lipinski definition) is 4. The van der Waals surface area contributed by atoms with Crippen molar-refractivity contribution >= 4 is 109 Å². The number of carboxylic acid groups (broad SMARTS) is 4. The van der Waals surface area contributed by atoms with Gasteiger partial charge in [0.1, 0.15) is 23.9 Å². The van der Waals surface area contributed by atoms with Crippen LogP contribution in [0.5, 0.6) is 17.2 Å². The van der Waals surface area contributed by atoms with E-state index in [0.717, 1.165) is 155 Å². The number of fused-ring (bicyclic) bond motifs is 4. The molecule has 18 nitrogen and oxygen atoms in total. The number of carbonyl (C=O) groups is 8. The van der Waals surface area contributed by atoms with Crippen LogP contribution >= 0.6 is 0 Å². The zero-order valence-electron chi connectivity index (χ0n) is 80.9. The Morgan fingerprint density at radius 2 is 0.636 bits per heavy atom. The largest absolute Gasteiger partial charge is 0.488 e. The maximum absolute atomic E-state index is 13.2. The number of carbonyl (C=O) groups excluding carboxylic acids is 4. The molecular weight excluding hydrogens is 1780 g/mol. The van der Waals surface area contributed by atoms with Gasteiger partial charge in [0.15, 0.2) is 0 Å². The van der Waals surface area contributed by atoms with E-state index in [1.54, 1.807) is 26.9 Å². The highest BCUT2D eigenvalue weighted by atomic mass is 16.5. The molecule has 16 aromatic carbocycles. The molecule has 1 unspecified atom stereocenters. The summed E-state index contributed by atoms with van der Waals surface area (Å²) in [6, 6.07) is 122. The van der Waals surface area contributed by atoms with Crippen molar-refractivity contribution in [1.82, 2.24) is 19.6 Å². The van der Waals surface area contributed by atoms with E-state index in [1.165, 1.54) is 40.0 Å². The Morgan fingerprint density at radius 3 is 1.07 bits per heavy atom. The average Bonchev–Trinajstić information content (AvgIpc) is 0.782. The molecule has 0 saturated heterocycles. The number of hydrogen-bond acceptors (Lipinski definition) is 10. The highest BCUT2D eigenvalue weighted by Gasteiger charge is 2.23. The van der Waals surface area contributed by atoms with Gasteiger partial charge in [0.05, 0.1) is 25.7 Å². The number of benzene rings is 16. The van der Waals surface area contributed by atoms with Crippen LogP contribution in [0, 0.1) is 0 Å². The van der Waals surface area contributed by atoms with Gasteiger partial charge < -0.3 is 49.5 Å². The van der Waals surface area contributed by atoms with E-state index in [0.29, 0.717) is 62.7 Å². The van der Waals surface area contributed by atoms with Crippen LogP contribution in [0.25, 0.3) is 72.4 Å². The van der Waals surface area contributed by atoms with Gasteiger partial charge >= 0.3 is 23.9 Å². The minimum atomic E-state index is -1.03. The molecule has 0 heterocycles. The number of nitrogens with zero attached hydrogens (tertiary/aromatic N) is 4. The van der Waals surface area contributed by atoms with Crippen LogP contribution in [-0.2, 0) is 103 Å². The molecule has 0 aliphatic heterocycles. The topological polar surface area (TPSA) is 249 Å². The van der Waals surface area contributed by atoms with Crippen molar-refractivity contribution in [2.24, 2.45) is 0 Å². The van der Waals surface area contributed by atoms with Crippen LogP contribution < -0.4 is 9.47 Å². The third-order valence-electron chi connectivity index (χ3n) is 24.9. The normalized spacial score (nSPS) is 11.3. The zero-order valence-corrected chi connectivity index (χ0v) is 80.9. The number of aliphatic carboxylic acids is 4. The molecule has 4 amide bonds. The SMILES string of the molecule is CN(CCc1ccccc1)C(=O)Cc1cc(/C=C/C(=O)O)cc2c(-c3ccccc3)cccc12.CN(CCc1ccccc1)C(=O)Cc1cc(/C=C/C(=O)O)cc2c(Oc3ccccc3)cccc12.CN(CCc1ccccc1)C(=O)Cc1cc(/C=C/C=C/C(=O)O)cc2c(OCc3ccccc3)cccc12.CN(CCc1ccccc1)C(=O)Cc1ccc(CC(CCC(=O)O)c2ccccc2)c2ccccc12. The van der Waals surface area contributed by atoms with Crippen molar-refractivity contribution in [3.63, 3.8) is 0 Å². The van der Waals surface area contributed by atoms with Gasteiger partial charge in [0.2, 0.25) is 23.6 Å². The summed E-state index contributed by atoms with van der Waals surface area (Å²) in [5.74, 6) is -1.46. The van der Waals surface area contributed by atoms with Gasteiger partial charge in [-0.2, -0.15) is 0 Å². The highest BCUT2D eigenvalue weighted by molar-refractivity contribution is 6.03. The highest BCUT2D eigenvalue weighted by Crippen LogP contribution is 2.38. The van der Waals surface area contributed by atoms with Gasteiger partial charge in [-0.1, -0.05) is 346 Å². The number of rotatable bonds is 39. The Morgan fingerprint density at radius 1 is 0.301 bits per heavy atom. The molecule has 0 saturated carbocycles. The zero-order chi connectivity index (χ0) is 101. The Balaban J connectivity index is 0.000000160. The van der Waals surface area contributed by atoms with Gasteiger partial charge in [-0.3, -0.25) is 24.0 Å². The fraction of sp³-hybridized carbons (Fsp3) is 0.168. The molecular formula is C125H118N4O14. The average molecular weight is 1900 g/mol. The first-order valence-electron chi connectivity index (χ1n) is 47.9. The van der Waals surface area contributed by atoms with E-state index >= 15 is 0 Å². The molecule has 0 spiro atoms. The molecule has 1 atom stereocenters. The van der Waals surface area contributed by atoms with E-state index in [9.17, 15) is 43.5 Å². The molecule has 18 heteroatoms. The van der Waals surface area contributed by atoms with E-state index in [2.05, 4.69) is 103 Å². The molecule has 0 aliphatic rings. The van der Waals surface area contributed by atoms with E-state index in [4.69, 9.17) is 24.8 Å². The van der Waals surface area contributed by atoms with Gasteiger partial charge in [-0.25, -0.2) is 14.4 Å². The fourth-order valence-corrected chi connectivity index (χ4v) is 17.1. The lowest BCUT2D eigenvalue weighted by molar-refractivity contribution is -0.137. The lowest BCUT2D eigenvalue weighted by atomic mass is 9.85. The Kier molecular flexibility index (Phi) is 38.4. The van der Waals surface area contributed by atoms with Crippen LogP contribution in [0.3, 0.4) is 0 Å². The molecule has 0 aromatic heterocycles. The molecule has 143 heavy (non-hydrogen) atoms. The summed E-state index contributed by atoms with van der Waals surface area (Å²) < 4.78 is 12.3. The first kappa shape index (κ1) is 103. The molecule has 0 fully saturated rings. The maximum atomic E-state index is 13.2. The summed E-state index contributed by atoms with van der Waals surface area (Å²) >= 11 is 0. The minimum Gasteiger partial charge on any atom is -0.488 e. The van der Waals surface area contributed by atoms with Gasteiger partial charge in [-0.15, -0.1) is 0 Å². The van der Waals surface area contributed by atoms with Gasteiger partial charge in [0.25, 0.3) is 0 Å². The van der Waals surface area contributed by atoms with E-state index in [1.807, 2.05) is 306 Å². The predicted octanol–water partition coefficient (Wildman–Crippen LogP) is 24.4. The van der Waals surface area contributed by atoms with Crippen LogP contribution in [0.1, 0.15) is 96.6 Å². The number of ether oxygens (including phenoxy) is 2. The number of allylic oxidation sites excluding steroid dienone is 2. The van der Waals surface area contributed by atoms with Gasteiger partial charge in [-0.05, 0) is 220 Å². The standard InChI is InChI=1S/C33H31NO4.C32H33NO3.C30H27NO4.C30H27NO3/c1-34(20-19-25-11-4-2-5-12-25)32(35)23-28-21-27(15-8-9-18-33(36)37)22-30-29(28)16-10-17-31(30)38-24-26-13-6-3-7-14-26;1-33(21-20-24-10-4-2-5-11-24)31(34)23-28-17-16-27(29-14-8-9-15-30(28)29)22-26(18-19-32(35)36)25-12-6-3-7-13-25;1-31(18-17-22-9-4-2-5-10-22)29(32)21-24-19-23(15-16-30(33)34)20-27-26(24)13-8-14-28(27)35-25-11-6-3-7-12-25;1-31(18-17-22-9-4-2-5-10-22)29(32)21-25-19-23(15-16-30(33)34)20-28-26(13-8-14-27(25)28)24-11-6-3-7-12-24/h2-18,21-22H,19-20,23-24H2,1H3,(H,36,37);2-17,26H,18-23H2,1H3,(H,35,36);2-16,19-20H,17-18,21H2,1H3,(H,33,34);2-16,19-20H,17-18,21H2,1H3,(H,33,34)/b15-8+,18-9+;;2*16-15+. The van der Waals surface area contributed by atoms with Crippen LogP contribution in [0.15, 0.2) is 400 Å². The van der Waals surface area contributed by atoms with Crippen molar-refractivity contribution in [2.75, 3.05) is 54.4 Å². The smallest absolute Gasteiger partial charge is 0.328 e. The van der Waals surface area contributed by atoms with Crippen LogP contribution in [0.4, 0.5) is 0 Å². The molecule has 0 bridgehead atoms. The second kappa shape index (κ2) is 53.2. The van der Waals surface area contributed by atoms with Gasteiger partial charge in [0, 0.05) is 89.8 Å². The molecule has 16 aromatic rings. The predicted molar refractivity (Wildman–Crippen MR) is 573 cm³/mol. The first-order valence-corrected chi connectivity index (χ1v) is 47.9. The number of amides is 4. The van der Waals surface area contributed by atoms with Crippen molar-refractivity contribution in [3.8, 4) is 28.4 Å². The quantitative estimate of drug-likeness (QED) is 0.0207. The molecule has 16 rings (SSSR count). The van der Waals surface area contributed by atoms with E-state index in [-0.39, 0.29) is 55.2 Å². The first-order chi connectivity index (χ1) is 69.5. The lowest BCUT2D eigenvalue weighted by Gasteiger charge is -2.20. The van der Waals surface area contributed by atoms with E-state index < -0.39 is 23.9 Å². The third kappa shape index (κ3) is 31.7. The monoisotopic (exact) mass is 1900 g/mol. The maximum Gasteiger partial charge on any atom is 0.328 e. The third-order valence-corrected chi connectivity index (χ3v) is 24.9. The minimum absolute atomic E-state index is 0.00373. The summed E-state index contributed by atoms with van der Waals surface area (Å²) in [5.41, 5.74) is 16.3. The molecule has 0 aliphatic carbocycles. The Bertz CT molecular complexity index is 7120. The summed E-state index contributed by atoms with van der Waals surface area (Å²) in [5, 5.41) is 44.2. The molecule has 0 radical (unpaired) electrons. The number of likely N-dealkylation sites (N-methyl/N-ethyl adjacent to an activating group) is 4. The Hall–Kier alpha value is -17.1. The second-order valence-electron chi connectivity index (χ2n) is 35.2. The summed E-state index contributed by atoms with van der Waals surface area (Å²) in [6.07, 6.45) is 17.1. The summed E-state index contributed by atoms with van der Waals surface area (Å²) in [7, 11) is 7.35. The van der Waals surface area contributed by atoms with Crippen LogP contribution in [0.2, 0.25) is 0 Å². The van der Waals surface area contributed by atoms with Crippen molar-refractivity contribution in [1.29, 1.82) is 0 Å². The van der Waals surface area contributed by atoms with Crippen molar-refractivity contribution < 1.29 is 68.3 Å². The van der Waals surface area contributed by atoms with Crippen LogP contribution in [-0.4, -0.2) is 142 Å². The number of carboxylic acids is 4. The summed E-state index contributed by atoms with van der Waals surface area (Å²) in [4.78, 5) is 104. The van der Waals surface area contributed by atoms with Crippen molar-refractivity contribution in [3.05, 3.63) is 478 Å². The molecule has 722 valence electrons. The van der Waals surface area contributed by atoms with Crippen molar-refractivity contribution in [2.45, 2.75) is 83.2 Å². The summed E-state index contributed by atoms with van der Waals surface area (Å²) in [6.45, 7) is 2.99. The molecule has 4 N–H and O–H groups in total. The second-order valence-corrected chi connectivity index (χ2v) is 35.2. The fourth-order valence-electron chi connectivity index (χ4n) is 17.1.